The van der Waals surface area contributed by atoms with Crippen LogP contribution in [-0.4, -0.2) is 97.9 Å². The first kappa shape index (κ1) is 67.2. The minimum Gasteiger partial charge on any atom is -0.356 e. The topological polar surface area (TPSA) is 203 Å². The van der Waals surface area contributed by atoms with Crippen LogP contribution < -0.4 is 33.6 Å². The van der Waals surface area contributed by atoms with E-state index >= 15 is 0 Å². The number of unbranched alkanes of at least 4 members (excludes halogenated alkanes) is 25. The van der Waals surface area contributed by atoms with Crippen molar-refractivity contribution in [2.45, 2.75) is 270 Å². The molecule has 0 fully saturated rings. The number of nitrogens with two attached hydrogens (primary N) is 4. The van der Waals surface area contributed by atoms with Crippen LogP contribution in [0.5, 0.6) is 0 Å². The van der Waals surface area contributed by atoms with Crippen molar-refractivity contribution in [2.75, 3.05) is 52.4 Å². The van der Waals surface area contributed by atoms with Crippen molar-refractivity contribution in [1.82, 2.24) is 20.4 Å². The Morgan fingerprint density at radius 3 is 1.01 bits per heavy atom. The Balaban J connectivity index is 4.74. The SMILES string of the molecule is CCCCCCCC/C=C\CCCCCCCC(=O)NCCCN(CCCCN(CCCNC(=O)CCCCCCC/C=C\CCCCCCCC)C(=O)[C@H](N)CCCCN)C(=O)[C@H](N)CCCCN. The molecule has 12 heteroatoms. The lowest BCUT2D eigenvalue weighted by Gasteiger charge is -2.28. The minimum absolute atomic E-state index is 0.0676. The molecular formula is C58H114N8O4. The number of allylic oxidation sites excluding steroid dienone is 4. The summed E-state index contributed by atoms with van der Waals surface area (Å²) in [6.45, 7) is 8.71. The van der Waals surface area contributed by atoms with Gasteiger partial charge < -0.3 is 43.4 Å². The third-order valence-electron chi connectivity index (χ3n) is 13.5. The molecule has 0 spiro atoms. The number of carbonyl (C=O) groups is 4. The standard InChI is InChI=1S/C58H114N8O4/c1-3-5-7-9-11-13-15-17-19-21-23-25-27-29-31-43-55(67)63-47-39-51-65(57(69)53(61)41-33-35-45-59)49-37-38-50-66(58(70)54(62)42-34-36-46-60)52-40-48-64-56(68)44-32-30-28-26-24-22-20-18-16-14-12-10-8-6-4-2/h17-20,53-54H,3-16,21-52,59-62H2,1-2H3,(H,63,67)(H,64,68)/b19-17-,20-18-/t53-,54-/m1/s1. The fourth-order valence-corrected chi connectivity index (χ4v) is 8.89. The quantitative estimate of drug-likeness (QED) is 0.0255. The van der Waals surface area contributed by atoms with Gasteiger partial charge in [0, 0.05) is 52.1 Å². The molecule has 4 amide bonds. The van der Waals surface area contributed by atoms with E-state index in [1.54, 1.807) is 0 Å². The Labute approximate surface area is 431 Å². The van der Waals surface area contributed by atoms with E-state index in [2.05, 4.69) is 48.8 Å². The smallest absolute Gasteiger partial charge is 0.239 e. The molecule has 0 bridgehead atoms. The molecule has 0 aliphatic rings. The molecule has 0 aliphatic heterocycles. The second-order valence-electron chi connectivity index (χ2n) is 20.2. The second-order valence-corrected chi connectivity index (χ2v) is 20.2. The highest BCUT2D eigenvalue weighted by atomic mass is 16.2. The summed E-state index contributed by atoms with van der Waals surface area (Å²) in [6, 6.07) is -1.20. The molecule has 0 radical (unpaired) electrons. The number of carbonyl (C=O) groups excluding carboxylic acids is 4. The molecule has 2 atom stereocenters. The van der Waals surface area contributed by atoms with Gasteiger partial charge in [0.1, 0.15) is 0 Å². The lowest BCUT2D eigenvalue weighted by Crippen LogP contribution is -2.46. The zero-order chi connectivity index (χ0) is 51.4. The van der Waals surface area contributed by atoms with E-state index in [-0.39, 0.29) is 23.6 Å². The lowest BCUT2D eigenvalue weighted by atomic mass is 10.1. The van der Waals surface area contributed by atoms with Crippen molar-refractivity contribution in [3.05, 3.63) is 24.3 Å². The van der Waals surface area contributed by atoms with Crippen LogP contribution >= 0.6 is 0 Å². The summed E-state index contributed by atoms with van der Waals surface area (Å²) in [5.41, 5.74) is 24.2. The van der Waals surface area contributed by atoms with E-state index in [0.29, 0.717) is 104 Å². The molecule has 70 heavy (non-hydrogen) atoms. The van der Waals surface area contributed by atoms with Gasteiger partial charge in [-0.15, -0.1) is 0 Å². The molecule has 0 rings (SSSR count). The molecule has 0 unspecified atom stereocenters. The maximum Gasteiger partial charge on any atom is 0.239 e. The molecule has 0 aliphatic carbocycles. The van der Waals surface area contributed by atoms with Crippen LogP contribution in [0.1, 0.15) is 258 Å². The average molecular weight is 988 g/mol. The lowest BCUT2D eigenvalue weighted by molar-refractivity contribution is -0.134. The average Bonchev–Trinajstić information content (AvgIpc) is 3.35. The summed E-state index contributed by atoms with van der Waals surface area (Å²) in [6.07, 6.45) is 49.5. The van der Waals surface area contributed by atoms with Crippen LogP contribution in [0.2, 0.25) is 0 Å². The van der Waals surface area contributed by atoms with E-state index in [1.165, 1.54) is 116 Å². The highest BCUT2D eigenvalue weighted by Gasteiger charge is 2.23. The van der Waals surface area contributed by atoms with Crippen molar-refractivity contribution in [3.63, 3.8) is 0 Å². The van der Waals surface area contributed by atoms with Gasteiger partial charge in [0.25, 0.3) is 0 Å². The largest absolute Gasteiger partial charge is 0.356 e. The van der Waals surface area contributed by atoms with E-state index in [9.17, 15) is 19.2 Å². The van der Waals surface area contributed by atoms with Gasteiger partial charge in [-0.05, 0) is 129 Å². The van der Waals surface area contributed by atoms with E-state index < -0.39 is 12.1 Å². The molecule has 0 saturated carbocycles. The van der Waals surface area contributed by atoms with Gasteiger partial charge in [-0.1, -0.05) is 154 Å². The molecule has 0 aromatic carbocycles. The fourth-order valence-electron chi connectivity index (χ4n) is 8.89. The van der Waals surface area contributed by atoms with Crippen molar-refractivity contribution >= 4 is 23.6 Å². The first-order valence-corrected chi connectivity index (χ1v) is 29.5. The summed E-state index contributed by atoms with van der Waals surface area (Å²) < 4.78 is 0. The second kappa shape index (κ2) is 52.5. The molecule has 410 valence electrons. The van der Waals surface area contributed by atoms with E-state index in [0.717, 1.165) is 77.0 Å². The van der Waals surface area contributed by atoms with Crippen LogP contribution in [0, 0.1) is 0 Å². The van der Waals surface area contributed by atoms with E-state index in [4.69, 9.17) is 22.9 Å². The molecule has 0 aromatic rings. The molecule has 0 saturated heterocycles. The Kier molecular flexibility index (Phi) is 50.4. The van der Waals surface area contributed by atoms with Crippen molar-refractivity contribution in [1.29, 1.82) is 0 Å². The zero-order valence-corrected chi connectivity index (χ0v) is 45.8. The summed E-state index contributed by atoms with van der Waals surface area (Å²) >= 11 is 0. The highest BCUT2D eigenvalue weighted by molar-refractivity contribution is 5.82. The monoisotopic (exact) mass is 987 g/mol. The van der Waals surface area contributed by atoms with Gasteiger partial charge in [-0.3, -0.25) is 19.2 Å². The molecule has 10 N–H and O–H groups in total. The van der Waals surface area contributed by atoms with E-state index in [1.807, 2.05) is 9.80 Å². The van der Waals surface area contributed by atoms with Crippen LogP contribution in [-0.2, 0) is 19.2 Å². The van der Waals surface area contributed by atoms with Crippen LogP contribution in [0.15, 0.2) is 24.3 Å². The van der Waals surface area contributed by atoms with Crippen LogP contribution in [0.4, 0.5) is 0 Å². The normalized spacial score (nSPS) is 12.5. The van der Waals surface area contributed by atoms with Crippen molar-refractivity contribution < 1.29 is 19.2 Å². The number of nitrogens with zero attached hydrogens (tertiary/aromatic N) is 2. The maximum atomic E-state index is 13.6. The maximum absolute atomic E-state index is 13.6. The predicted molar refractivity (Wildman–Crippen MR) is 298 cm³/mol. The summed E-state index contributed by atoms with van der Waals surface area (Å²) in [5, 5.41) is 6.12. The zero-order valence-electron chi connectivity index (χ0n) is 45.8. The highest BCUT2D eigenvalue weighted by Crippen LogP contribution is 2.13. The third-order valence-corrected chi connectivity index (χ3v) is 13.5. The number of nitrogens with one attached hydrogen (secondary N) is 2. The predicted octanol–water partition coefficient (Wildman–Crippen LogP) is 11.4. The first-order chi connectivity index (χ1) is 34.2. The molecule has 0 heterocycles. The van der Waals surface area contributed by atoms with Crippen molar-refractivity contribution in [3.8, 4) is 0 Å². The van der Waals surface area contributed by atoms with Gasteiger partial charge in [0.05, 0.1) is 12.1 Å². The summed E-state index contributed by atoms with van der Waals surface area (Å²) in [4.78, 5) is 56.1. The number of rotatable bonds is 53. The van der Waals surface area contributed by atoms with Crippen LogP contribution in [0.3, 0.4) is 0 Å². The first-order valence-electron chi connectivity index (χ1n) is 29.5. The summed E-state index contributed by atoms with van der Waals surface area (Å²) in [5.74, 6) is -0.0241. The molecule has 0 aromatic heterocycles. The molecular weight excluding hydrogens is 873 g/mol. The Morgan fingerprint density at radius 2 is 0.686 bits per heavy atom. The Morgan fingerprint density at radius 1 is 0.386 bits per heavy atom. The third kappa shape index (κ3) is 43.9. The summed E-state index contributed by atoms with van der Waals surface area (Å²) in [7, 11) is 0. The van der Waals surface area contributed by atoms with Gasteiger partial charge in [-0.25, -0.2) is 0 Å². The van der Waals surface area contributed by atoms with Gasteiger partial charge in [-0.2, -0.15) is 0 Å². The fraction of sp³-hybridized carbons (Fsp3) is 0.862. The number of hydrogen-bond acceptors (Lipinski definition) is 8. The Bertz CT molecular complexity index is 1170. The van der Waals surface area contributed by atoms with Crippen molar-refractivity contribution in [2.24, 2.45) is 22.9 Å². The number of hydrogen-bond donors (Lipinski definition) is 6. The number of amides is 4. The van der Waals surface area contributed by atoms with Gasteiger partial charge in [0.2, 0.25) is 23.6 Å². The van der Waals surface area contributed by atoms with Crippen LogP contribution in [0.25, 0.3) is 0 Å². The minimum atomic E-state index is -0.598. The van der Waals surface area contributed by atoms with Gasteiger partial charge >= 0.3 is 0 Å². The Hall–Kier alpha value is -2.80. The van der Waals surface area contributed by atoms with Gasteiger partial charge in [0.15, 0.2) is 0 Å². The molecule has 12 nitrogen and oxygen atoms in total.